The lowest BCUT2D eigenvalue weighted by atomic mass is 10.0. The van der Waals surface area contributed by atoms with Gasteiger partial charge in [-0.1, -0.05) is 12.1 Å². The summed E-state index contributed by atoms with van der Waals surface area (Å²) in [7, 11) is 0. The zero-order valence-electron chi connectivity index (χ0n) is 14.5. The standard InChI is InChI=1S/C20H19FN2O3/c1-12-8-18(14-4-3-5-15(9-14)26-7-6-24)23-19-11-20(22-13(2)25)17(21)10-16(12)19/h3-5,8-11,24H,6-7H2,1-2H3,(H,22,25). The zero-order valence-corrected chi connectivity index (χ0v) is 14.5. The average Bonchev–Trinajstić information content (AvgIpc) is 2.61. The highest BCUT2D eigenvalue weighted by atomic mass is 19.1. The number of pyridine rings is 1. The summed E-state index contributed by atoms with van der Waals surface area (Å²) in [5.41, 5.74) is 3.13. The number of aliphatic hydroxyl groups is 1. The van der Waals surface area contributed by atoms with Gasteiger partial charge in [0.15, 0.2) is 0 Å². The molecule has 1 heterocycles. The Morgan fingerprint density at radius 2 is 2.08 bits per heavy atom. The molecule has 3 aromatic rings. The molecular weight excluding hydrogens is 335 g/mol. The number of hydrogen-bond acceptors (Lipinski definition) is 4. The Morgan fingerprint density at radius 3 is 2.81 bits per heavy atom. The van der Waals surface area contributed by atoms with E-state index in [0.717, 1.165) is 11.1 Å². The van der Waals surface area contributed by atoms with Crippen molar-refractivity contribution >= 4 is 22.5 Å². The van der Waals surface area contributed by atoms with Gasteiger partial charge in [0.1, 0.15) is 18.2 Å². The highest BCUT2D eigenvalue weighted by Crippen LogP contribution is 2.29. The van der Waals surface area contributed by atoms with Gasteiger partial charge in [0.05, 0.1) is 23.5 Å². The number of anilines is 1. The number of aliphatic hydroxyl groups excluding tert-OH is 1. The first-order valence-electron chi connectivity index (χ1n) is 8.20. The third-order valence-corrected chi connectivity index (χ3v) is 3.90. The Morgan fingerprint density at radius 1 is 1.27 bits per heavy atom. The minimum Gasteiger partial charge on any atom is -0.491 e. The van der Waals surface area contributed by atoms with E-state index >= 15 is 0 Å². The lowest BCUT2D eigenvalue weighted by Gasteiger charge is -2.11. The molecule has 5 nitrogen and oxygen atoms in total. The summed E-state index contributed by atoms with van der Waals surface area (Å²) < 4.78 is 19.6. The van der Waals surface area contributed by atoms with E-state index in [-0.39, 0.29) is 24.8 Å². The second kappa shape index (κ2) is 7.49. The predicted octanol–water partition coefficient (Wildman–Crippen LogP) is 3.68. The summed E-state index contributed by atoms with van der Waals surface area (Å²) in [6.07, 6.45) is 0. The molecule has 0 aliphatic heterocycles. The Kier molecular flexibility index (Phi) is 5.14. The van der Waals surface area contributed by atoms with Crippen LogP contribution in [0.3, 0.4) is 0 Å². The van der Waals surface area contributed by atoms with E-state index in [2.05, 4.69) is 10.3 Å². The number of carbonyl (C=O) groups excluding carboxylic acids is 1. The van der Waals surface area contributed by atoms with Gasteiger partial charge in [-0.3, -0.25) is 4.79 Å². The van der Waals surface area contributed by atoms with Crippen LogP contribution in [-0.2, 0) is 4.79 Å². The first-order valence-corrected chi connectivity index (χ1v) is 8.20. The maximum Gasteiger partial charge on any atom is 0.221 e. The molecule has 0 bridgehead atoms. The van der Waals surface area contributed by atoms with Crippen LogP contribution in [0.1, 0.15) is 12.5 Å². The van der Waals surface area contributed by atoms with Crippen molar-refractivity contribution in [3.05, 3.63) is 53.8 Å². The van der Waals surface area contributed by atoms with Crippen LogP contribution >= 0.6 is 0 Å². The van der Waals surface area contributed by atoms with Crippen molar-refractivity contribution < 1.29 is 19.0 Å². The number of ether oxygens (including phenoxy) is 1. The molecule has 2 N–H and O–H groups in total. The summed E-state index contributed by atoms with van der Waals surface area (Å²) in [4.78, 5) is 15.9. The molecule has 0 radical (unpaired) electrons. The van der Waals surface area contributed by atoms with Crippen molar-refractivity contribution in [3.63, 3.8) is 0 Å². The van der Waals surface area contributed by atoms with Crippen molar-refractivity contribution in [3.8, 4) is 17.0 Å². The quantitative estimate of drug-likeness (QED) is 0.733. The second-order valence-electron chi connectivity index (χ2n) is 5.95. The second-order valence-corrected chi connectivity index (χ2v) is 5.95. The van der Waals surface area contributed by atoms with E-state index in [4.69, 9.17) is 9.84 Å². The summed E-state index contributed by atoms with van der Waals surface area (Å²) in [5.74, 6) is -0.205. The molecule has 0 fully saturated rings. The predicted molar refractivity (Wildman–Crippen MR) is 98.8 cm³/mol. The Labute approximate surface area is 150 Å². The van der Waals surface area contributed by atoms with Crippen molar-refractivity contribution in [2.75, 3.05) is 18.5 Å². The van der Waals surface area contributed by atoms with Crippen molar-refractivity contribution in [2.45, 2.75) is 13.8 Å². The van der Waals surface area contributed by atoms with Gasteiger partial charge in [0.2, 0.25) is 5.91 Å². The number of fused-ring (bicyclic) bond motifs is 1. The Balaban J connectivity index is 2.07. The Hall–Kier alpha value is -2.99. The molecule has 0 saturated carbocycles. The van der Waals surface area contributed by atoms with E-state index in [1.165, 1.54) is 19.1 Å². The summed E-state index contributed by atoms with van der Waals surface area (Å²) in [6.45, 7) is 3.37. The fourth-order valence-corrected chi connectivity index (χ4v) is 2.76. The van der Waals surface area contributed by atoms with Crippen molar-refractivity contribution in [2.24, 2.45) is 0 Å². The molecule has 26 heavy (non-hydrogen) atoms. The highest BCUT2D eigenvalue weighted by molar-refractivity contribution is 5.93. The molecule has 0 aliphatic rings. The van der Waals surface area contributed by atoms with Crippen LogP contribution in [0.4, 0.5) is 10.1 Å². The Bertz CT molecular complexity index is 973. The summed E-state index contributed by atoms with van der Waals surface area (Å²) in [6, 6.07) is 12.2. The molecule has 3 rings (SSSR count). The lowest BCUT2D eigenvalue weighted by molar-refractivity contribution is -0.114. The molecule has 0 saturated heterocycles. The van der Waals surface area contributed by atoms with Crippen LogP contribution in [-0.4, -0.2) is 29.2 Å². The molecular formula is C20H19FN2O3. The van der Waals surface area contributed by atoms with Crippen LogP contribution in [0.5, 0.6) is 5.75 Å². The topological polar surface area (TPSA) is 71.5 Å². The monoisotopic (exact) mass is 354 g/mol. The molecule has 0 atom stereocenters. The highest BCUT2D eigenvalue weighted by Gasteiger charge is 2.11. The first-order chi connectivity index (χ1) is 12.5. The van der Waals surface area contributed by atoms with Crippen molar-refractivity contribution in [1.82, 2.24) is 4.98 Å². The number of aryl methyl sites for hydroxylation is 1. The third kappa shape index (κ3) is 3.81. The number of rotatable bonds is 5. The number of amides is 1. The molecule has 6 heteroatoms. The largest absolute Gasteiger partial charge is 0.491 e. The smallest absolute Gasteiger partial charge is 0.221 e. The van der Waals surface area contributed by atoms with Gasteiger partial charge < -0.3 is 15.2 Å². The lowest BCUT2D eigenvalue weighted by Crippen LogP contribution is -2.07. The van der Waals surface area contributed by atoms with E-state index in [1.807, 2.05) is 31.2 Å². The van der Waals surface area contributed by atoms with Gasteiger partial charge in [-0.2, -0.15) is 0 Å². The van der Waals surface area contributed by atoms with Crippen LogP contribution in [0.15, 0.2) is 42.5 Å². The maximum absolute atomic E-state index is 14.2. The molecule has 134 valence electrons. The number of carbonyl (C=O) groups is 1. The number of halogens is 1. The van der Waals surface area contributed by atoms with Gasteiger partial charge in [0, 0.05) is 17.9 Å². The van der Waals surface area contributed by atoms with Crippen LogP contribution in [0.2, 0.25) is 0 Å². The number of nitrogens with zero attached hydrogens (tertiary/aromatic N) is 1. The number of nitrogens with one attached hydrogen (secondary N) is 1. The van der Waals surface area contributed by atoms with Crippen LogP contribution in [0.25, 0.3) is 22.2 Å². The average molecular weight is 354 g/mol. The molecule has 0 aliphatic carbocycles. The maximum atomic E-state index is 14.2. The molecule has 0 unspecified atom stereocenters. The molecule has 1 aromatic heterocycles. The van der Waals surface area contributed by atoms with E-state index in [1.54, 1.807) is 6.07 Å². The number of hydrogen-bond donors (Lipinski definition) is 2. The van der Waals surface area contributed by atoms with E-state index in [0.29, 0.717) is 22.3 Å². The van der Waals surface area contributed by atoms with Gasteiger partial charge in [0.25, 0.3) is 0 Å². The fourth-order valence-electron chi connectivity index (χ4n) is 2.76. The van der Waals surface area contributed by atoms with Gasteiger partial charge in [-0.25, -0.2) is 9.37 Å². The van der Waals surface area contributed by atoms with Crippen LogP contribution in [0, 0.1) is 12.7 Å². The SMILES string of the molecule is CC(=O)Nc1cc2nc(-c3cccc(OCCO)c3)cc(C)c2cc1F. The molecule has 2 aromatic carbocycles. The van der Waals surface area contributed by atoms with Crippen molar-refractivity contribution in [1.29, 1.82) is 0 Å². The minimum atomic E-state index is -0.496. The zero-order chi connectivity index (χ0) is 18.7. The first kappa shape index (κ1) is 17.8. The van der Waals surface area contributed by atoms with Gasteiger partial charge >= 0.3 is 0 Å². The summed E-state index contributed by atoms with van der Waals surface area (Å²) >= 11 is 0. The van der Waals surface area contributed by atoms with Crippen LogP contribution < -0.4 is 10.1 Å². The molecule has 1 amide bonds. The third-order valence-electron chi connectivity index (χ3n) is 3.90. The van der Waals surface area contributed by atoms with E-state index in [9.17, 15) is 9.18 Å². The van der Waals surface area contributed by atoms with Gasteiger partial charge in [-0.15, -0.1) is 0 Å². The minimum absolute atomic E-state index is 0.0605. The summed E-state index contributed by atoms with van der Waals surface area (Å²) in [5, 5.41) is 12.0. The fraction of sp³-hybridized carbons (Fsp3) is 0.200. The molecule has 0 spiro atoms. The number of aromatic nitrogens is 1. The normalized spacial score (nSPS) is 10.8. The number of benzene rings is 2. The van der Waals surface area contributed by atoms with E-state index < -0.39 is 5.82 Å². The van der Waals surface area contributed by atoms with Gasteiger partial charge in [-0.05, 0) is 42.8 Å².